The summed E-state index contributed by atoms with van der Waals surface area (Å²) in [6, 6.07) is 24.5. The standard InChI is InChI=1S/C23H22N2O3S/c1-2-27-22(26)18-8-10-19(11-9-18)24-23(29)25-20-12-14-21(15-13-20)28-16-17-6-4-3-5-7-17/h3-15H,2,16H2,1H3,(H2,24,25,29). The molecule has 5 nitrogen and oxygen atoms in total. The summed E-state index contributed by atoms with van der Waals surface area (Å²) >= 11 is 5.35. The maximum absolute atomic E-state index is 11.7. The van der Waals surface area contributed by atoms with Gasteiger partial charge in [0.1, 0.15) is 12.4 Å². The normalized spacial score (nSPS) is 10.1. The zero-order chi connectivity index (χ0) is 20.5. The molecule has 0 aliphatic rings. The van der Waals surface area contributed by atoms with E-state index in [4.69, 9.17) is 21.7 Å². The predicted molar refractivity (Wildman–Crippen MR) is 119 cm³/mol. The van der Waals surface area contributed by atoms with E-state index in [0.717, 1.165) is 22.7 Å². The molecular weight excluding hydrogens is 384 g/mol. The van der Waals surface area contributed by atoms with Crippen LogP contribution in [0.15, 0.2) is 78.9 Å². The van der Waals surface area contributed by atoms with Crippen LogP contribution in [-0.2, 0) is 11.3 Å². The van der Waals surface area contributed by atoms with Gasteiger partial charge >= 0.3 is 5.97 Å². The third kappa shape index (κ3) is 6.33. The summed E-state index contributed by atoms with van der Waals surface area (Å²) in [7, 11) is 0. The Kier molecular flexibility index (Phi) is 7.19. The first kappa shape index (κ1) is 20.4. The number of rotatable bonds is 7. The summed E-state index contributed by atoms with van der Waals surface area (Å²) < 4.78 is 10.8. The topological polar surface area (TPSA) is 59.6 Å². The maximum Gasteiger partial charge on any atom is 0.338 e. The molecule has 0 aliphatic carbocycles. The first-order valence-electron chi connectivity index (χ1n) is 9.26. The number of benzene rings is 3. The van der Waals surface area contributed by atoms with Crippen molar-refractivity contribution in [1.29, 1.82) is 0 Å². The number of carbonyl (C=O) groups excluding carboxylic acids is 1. The molecule has 0 unspecified atom stereocenters. The van der Waals surface area contributed by atoms with Crippen molar-refractivity contribution in [2.24, 2.45) is 0 Å². The molecule has 3 aromatic rings. The lowest BCUT2D eigenvalue weighted by atomic mass is 10.2. The van der Waals surface area contributed by atoms with Crippen LogP contribution in [0.2, 0.25) is 0 Å². The number of ether oxygens (including phenoxy) is 2. The average Bonchev–Trinajstić information content (AvgIpc) is 2.74. The number of thiocarbonyl (C=S) groups is 1. The van der Waals surface area contributed by atoms with Gasteiger partial charge in [0.25, 0.3) is 0 Å². The van der Waals surface area contributed by atoms with E-state index in [1.165, 1.54) is 0 Å². The molecule has 29 heavy (non-hydrogen) atoms. The Morgan fingerprint density at radius 3 is 2.03 bits per heavy atom. The predicted octanol–water partition coefficient (Wildman–Crippen LogP) is 5.25. The summed E-state index contributed by atoms with van der Waals surface area (Å²) in [6.07, 6.45) is 0. The third-order valence-corrected chi connectivity index (χ3v) is 4.22. The Balaban J connectivity index is 1.49. The first-order chi connectivity index (χ1) is 14.1. The van der Waals surface area contributed by atoms with Crippen molar-refractivity contribution >= 4 is 34.7 Å². The Morgan fingerprint density at radius 2 is 1.45 bits per heavy atom. The fourth-order valence-corrected chi connectivity index (χ4v) is 2.81. The number of carbonyl (C=O) groups is 1. The number of nitrogens with one attached hydrogen (secondary N) is 2. The highest BCUT2D eigenvalue weighted by Crippen LogP contribution is 2.18. The van der Waals surface area contributed by atoms with E-state index in [1.54, 1.807) is 31.2 Å². The van der Waals surface area contributed by atoms with Crippen LogP contribution < -0.4 is 15.4 Å². The second kappa shape index (κ2) is 10.2. The van der Waals surface area contributed by atoms with Crippen LogP contribution in [-0.4, -0.2) is 17.7 Å². The lowest BCUT2D eigenvalue weighted by molar-refractivity contribution is 0.0526. The van der Waals surface area contributed by atoms with Gasteiger partial charge in [0.05, 0.1) is 12.2 Å². The minimum Gasteiger partial charge on any atom is -0.489 e. The smallest absolute Gasteiger partial charge is 0.338 e. The van der Waals surface area contributed by atoms with E-state index in [2.05, 4.69) is 10.6 Å². The minimum absolute atomic E-state index is 0.339. The van der Waals surface area contributed by atoms with Crippen molar-refractivity contribution in [2.75, 3.05) is 17.2 Å². The van der Waals surface area contributed by atoms with E-state index in [-0.39, 0.29) is 5.97 Å². The van der Waals surface area contributed by atoms with Crippen molar-refractivity contribution in [1.82, 2.24) is 0 Å². The summed E-state index contributed by atoms with van der Waals surface area (Å²) in [5, 5.41) is 6.66. The molecule has 3 rings (SSSR count). The monoisotopic (exact) mass is 406 g/mol. The largest absolute Gasteiger partial charge is 0.489 e. The molecule has 2 N–H and O–H groups in total. The molecule has 0 atom stereocenters. The van der Waals surface area contributed by atoms with Crippen LogP contribution in [0.1, 0.15) is 22.8 Å². The van der Waals surface area contributed by atoms with Crippen molar-refractivity contribution in [3.8, 4) is 5.75 Å². The van der Waals surface area contributed by atoms with Gasteiger partial charge in [-0.25, -0.2) is 4.79 Å². The van der Waals surface area contributed by atoms with Crippen LogP contribution in [0.5, 0.6) is 5.75 Å². The quantitative estimate of drug-likeness (QED) is 0.413. The van der Waals surface area contributed by atoms with Crippen LogP contribution in [0.25, 0.3) is 0 Å². The van der Waals surface area contributed by atoms with Gasteiger partial charge in [-0.05, 0) is 73.2 Å². The van der Waals surface area contributed by atoms with Crippen molar-refractivity contribution < 1.29 is 14.3 Å². The highest BCUT2D eigenvalue weighted by molar-refractivity contribution is 7.80. The van der Waals surface area contributed by atoms with Crippen LogP contribution in [0.4, 0.5) is 11.4 Å². The molecule has 6 heteroatoms. The minimum atomic E-state index is -0.339. The van der Waals surface area contributed by atoms with Crippen LogP contribution in [0.3, 0.4) is 0 Å². The average molecular weight is 407 g/mol. The van der Waals surface area contributed by atoms with E-state index in [9.17, 15) is 4.79 Å². The molecule has 0 spiro atoms. The molecule has 0 saturated heterocycles. The van der Waals surface area contributed by atoms with Gasteiger partial charge in [-0.3, -0.25) is 0 Å². The molecule has 0 bridgehead atoms. The fraction of sp³-hybridized carbons (Fsp3) is 0.130. The molecule has 3 aromatic carbocycles. The van der Waals surface area contributed by atoms with E-state index in [0.29, 0.717) is 23.9 Å². The Morgan fingerprint density at radius 1 is 0.862 bits per heavy atom. The highest BCUT2D eigenvalue weighted by Gasteiger charge is 2.06. The van der Waals surface area contributed by atoms with Gasteiger partial charge in [-0.1, -0.05) is 30.3 Å². The lowest BCUT2D eigenvalue weighted by Crippen LogP contribution is -2.19. The molecular formula is C23H22N2O3S. The van der Waals surface area contributed by atoms with E-state index < -0.39 is 0 Å². The number of esters is 1. The summed E-state index contributed by atoms with van der Waals surface area (Å²) in [5.41, 5.74) is 3.24. The van der Waals surface area contributed by atoms with Gasteiger partial charge < -0.3 is 20.1 Å². The third-order valence-electron chi connectivity index (χ3n) is 4.01. The molecule has 0 fully saturated rings. The Hall–Kier alpha value is -3.38. The fourth-order valence-electron chi connectivity index (χ4n) is 2.57. The SMILES string of the molecule is CCOC(=O)c1ccc(NC(=S)Nc2ccc(OCc3ccccc3)cc2)cc1. The van der Waals surface area contributed by atoms with Crippen LogP contribution in [0, 0.1) is 0 Å². The molecule has 0 heterocycles. The summed E-state index contributed by atoms with van der Waals surface area (Å²) in [4.78, 5) is 11.7. The van der Waals surface area contributed by atoms with Gasteiger partial charge in [-0.2, -0.15) is 0 Å². The van der Waals surface area contributed by atoms with Crippen molar-refractivity contribution in [3.05, 3.63) is 90.0 Å². The van der Waals surface area contributed by atoms with Gasteiger partial charge in [0, 0.05) is 11.4 Å². The first-order valence-corrected chi connectivity index (χ1v) is 9.67. The second-order valence-electron chi connectivity index (χ2n) is 6.18. The summed E-state index contributed by atoms with van der Waals surface area (Å²) in [6.45, 7) is 2.65. The zero-order valence-electron chi connectivity index (χ0n) is 16.1. The van der Waals surface area contributed by atoms with Gasteiger partial charge in [0.2, 0.25) is 0 Å². The number of anilines is 2. The molecule has 148 valence electrons. The van der Waals surface area contributed by atoms with Crippen LogP contribution >= 0.6 is 12.2 Å². The molecule has 0 aromatic heterocycles. The number of hydrogen-bond acceptors (Lipinski definition) is 4. The second-order valence-corrected chi connectivity index (χ2v) is 6.58. The van der Waals surface area contributed by atoms with Crippen molar-refractivity contribution in [3.63, 3.8) is 0 Å². The maximum atomic E-state index is 11.7. The molecule has 0 aliphatic heterocycles. The Bertz CT molecular complexity index is 942. The highest BCUT2D eigenvalue weighted by atomic mass is 32.1. The van der Waals surface area contributed by atoms with E-state index in [1.807, 2.05) is 54.6 Å². The summed E-state index contributed by atoms with van der Waals surface area (Å²) in [5.74, 6) is 0.446. The van der Waals surface area contributed by atoms with Gasteiger partial charge in [0.15, 0.2) is 5.11 Å². The molecule has 0 radical (unpaired) electrons. The Labute approximate surface area is 175 Å². The molecule has 0 amide bonds. The lowest BCUT2D eigenvalue weighted by Gasteiger charge is -2.12. The molecule has 0 saturated carbocycles. The van der Waals surface area contributed by atoms with Crippen molar-refractivity contribution in [2.45, 2.75) is 13.5 Å². The van der Waals surface area contributed by atoms with Gasteiger partial charge in [-0.15, -0.1) is 0 Å². The number of hydrogen-bond donors (Lipinski definition) is 2. The van der Waals surface area contributed by atoms with E-state index >= 15 is 0 Å². The zero-order valence-corrected chi connectivity index (χ0v) is 16.9.